The fraction of sp³-hybridized carbons (Fsp3) is 1.00. The Morgan fingerprint density at radius 2 is 1.92 bits per heavy atom. The van der Waals surface area contributed by atoms with Crippen molar-refractivity contribution >= 4 is 11.8 Å². The molecule has 1 nitrogen and oxygen atoms in total. The predicted octanol–water partition coefficient (Wildman–Crippen LogP) is 2.23. The van der Waals surface area contributed by atoms with Gasteiger partial charge in [0.25, 0.3) is 0 Å². The van der Waals surface area contributed by atoms with Gasteiger partial charge in [0.05, 0.1) is 0 Å². The highest BCUT2D eigenvalue weighted by Gasteiger charge is 2.33. The Kier molecular flexibility index (Phi) is 2.66. The summed E-state index contributed by atoms with van der Waals surface area (Å²) in [5.74, 6) is 2.71. The van der Waals surface area contributed by atoms with Crippen LogP contribution in [0.3, 0.4) is 0 Å². The molecule has 0 bridgehead atoms. The van der Waals surface area contributed by atoms with Crippen LogP contribution in [0, 0.1) is 5.41 Å². The van der Waals surface area contributed by atoms with Crippen LogP contribution in [0.2, 0.25) is 0 Å². The van der Waals surface area contributed by atoms with Gasteiger partial charge in [0.1, 0.15) is 0 Å². The third kappa shape index (κ3) is 1.97. The molecule has 0 aromatic carbocycles. The lowest BCUT2D eigenvalue weighted by molar-refractivity contribution is 0.0910. The highest BCUT2D eigenvalue weighted by molar-refractivity contribution is 7.99. The van der Waals surface area contributed by atoms with E-state index in [4.69, 9.17) is 0 Å². The van der Waals surface area contributed by atoms with Crippen molar-refractivity contribution in [2.24, 2.45) is 5.41 Å². The minimum absolute atomic E-state index is 0.696. The molecule has 0 aromatic heterocycles. The summed E-state index contributed by atoms with van der Waals surface area (Å²) >= 11 is 2.11. The Hall–Kier alpha value is 0.310. The molecule has 1 aliphatic heterocycles. The fourth-order valence-electron chi connectivity index (χ4n) is 2.24. The van der Waals surface area contributed by atoms with Crippen LogP contribution >= 0.6 is 11.8 Å². The summed E-state index contributed by atoms with van der Waals surface area (Å²) < 4.78 is 0. The molecular weight excluding hydrogens is 166 g/mol. The second kappa shape index (κ2) is 3.59. The van der Waals surface area contributed by atoms with Crippen molar-refractivity contribution in [1.82, 2.24) is 4.90 Å². The molecule has 12 heavy (non-hydrogen) atoms. The van der Waals surface area contributed by atoms with E-state index in [0.29, 0.717) is 5.41 Å². The van der Waals surface area contributed by atoms with Gasteiger partial charge in [-0.3, -0.25) is 0 Å². The van der Waals surface area contributed by atoms with E-state index in [9.17, 15) is 0 Å². The zero-order valence-corrected chi connectivity index (χ0v) is 8.83. The summed E-state index contributed by atoms with van der Waals surface area (Å²) in [5.41, 5.74) is 0.696. The zero-order valence-electron chi connectivity index (χ0n) is 8.01. The van der Waals surface area contributed by atoms with E-state index in [0.717, 1.165) is 0 Å². The Morgan fingerprint density at radius 1 is 1.25 bits per heavy atom. The van der Waals surface area contributed by atoms with Crippen LogP contribution in [0.1, 0.15) is 26.2 Å². The van der Waals surface area contributed by atoms with Gasteiger partial charge < -0.3 is 4.90 Å². The van der Waals surface area contributed by atoms with Gasteiger partial charge in [-0.25, -0.2) is 0 Å². The van der Waals surface area contributed by atoms with E-state index in [1.165, 1.54) is 50.4 Å². The summed E-state index contributed by atoms with van der Waals surface area (Å²) in [6, 6.07) is 0. The van der Waals surface area contributed by atoms with Gasteiger partial charge in [-0.05, 0) is 18.3 Å². The smallest absolute Gasteiger partial charge is 0.00729 e. The lowest BCUT2D eigenvalue weighted by Gasteiger charge is -2.43. The average molecular weight is 185 g/mol. The van der Waals surface area contributed by atoms with Crippen molar-refractivity contribution in [3.63, 3.8) is 0 Å². The summed E-state index contributed by atoms with van der Waals surface area (Å²) in [6.45, 7) is 6.49. The Labute approximate surface area is 79.9 Å². The molecule has 0 N–H and O–H groups in total. The lowest BCUT2D eigenvalue weighted by Crippen LogP contribution is -2.43. The van der Waals surface area contributed by atoms with Gasteiger partial charge in [-0.1, -0.05) is 13.3 Å². The first-order valence-corrected chi connectivity index (χ1v) is 6.24. The van der Waals surface area contributed by atoms with Crippen molar-refractivity contribution in [1.29, 1.82) is 0 Å². The molecule has 0 radical (unpaired) electrons. The van der Waals surface area contributed by atoms with Gasteiger partial charge in [-0.15, -0.1) is 0 Å². The molecule has 0 spiro atoms. The van der Waals surface area contributed by atoms with Gasteiger partial charge in [0, 0.05) is 31.1 Å². The number of rotatable bonds is 2. The first kappa shape index (κ1) is 8.89. The molecule has 1 aliphatic carbocycles. The molecule has 2 fully saturated rings. The van der Waals surface area contributed by atoms with Gasteiger partial charge in [-0.2, -0.15) is 11.8 Å². The maximum atomic E-state index is 2.66. The van der Waals surface area contributed by atoms with Crippen LogP contribution in [-0.2, 0) is 0 Å². The number of hydrogen-bond acceptors (Lipinski definition) is 2. The summed E-state index contributed by atoms with van der Waals surface area (Å²) in [7, 11) is 0. The van der Waals surface area contributed by atoms with E-state index < -0.39 is 0 Å². The zero-order chi connectivity index (χ0) is 8.44. The molecule has 0 atom stereocenters. The first-order valence-electron chi connectivity index (χ1n) is 5.09. The molecule has 1 heterocycles. The SMILES string of the molecule is CC1(CN2CCSCC2)CCC1. The summed E-state index contributed by atoms with van der Waals surface area (Å²) in [6.07, 6.45) is 4.41. The highest BCUT2D eigenvalue weighted by Crippen LogP contribution is 2.41. The second-order valence-corrected chi connectivity index (χ2v) is 5.78. The van der Waals surface area contributed by atoms with Gasteiger partial charge in [0.15, 0.2) is 0 Å². The minimum Gasteiger partial charge on any atom is -0.301 e. The Morgan fingerprint density at radius 3 is 2.42 bits per heavy atom. The monoisotopic (exact) mass is 185 g/mol. The molecule has 70 valence electrons. The predicted molar refractivity (Wildman–Crippen MR) is 55.7 cm³/mol. The quantitative estimate of drug-likeness (QED) is 0.649. The molecule has 1 saturated heterocycles. The van der Waals surface area contributed by atoms with Gasteiger partial charge >= 0.3 is 0 Å². The number of thioether (sulfide) groups is 1. The fourth-order valence-corrected chi connectivity index (χ4v) is 3.22. The average Bonchev–Trinajstić information content (AvgIpc) is 2.04. The van der Waals surface area contributed by atoms with E-state index in [2.05, 4.69) is 23.6 Å². The molecule has 0 amide bonds. The van der Waals surface area contributed by atoms with Crippen molar-refractivity contribution in [3.8, 4) is 0 Å². The normalized spacial score (nSPS) is 29.8. The van der Waals surface area contributed by atoms with E-state index in [1.807, 2.05) is 0 Å². The van der Waals surface area contributed by atoms with Crippen LogP contribution in [0.25, 0.3) is 0 Å². The Balaban J connectivity index is 1.77. The molecular formula is C10H19NS. The second-order valence-electron chi connectivity index (χ2n) is 4.55. The van der Waals surface area contributed by atoms with Gasteiger partial charge in [0.2, 0.25) is 0 Å². The molecule has 2 heteroatoms. The van der Waals surface area contributed by atoms with Crippen molar-refractivity contribution in [3.05, 3.63) is 0 Å². The third-order valence-electron chi connectivity index (χ3n) is 3.27. The van der Waals surface area contributed by atoms with E-state index in [-0.39, 0.29) is 0 Å². The Bertz CT molecular complexity index is 148. The summed E-state index contributed by atoms with van der Waals surface area (Å²) in [5, 5.41) is 0. The maximum absolute atomic E-state index is 2.66. The van der Waals surface area contributed by atoms with Crippen molar-refractivity contribution in [2.75, 3.05) is 31.1 Å². The van der Waals surface area contributed by atoms with Crippen molar-refractivity contribution in [2.45, 2.75) is 26.2 Å². The topological polar surface area (TPSA) is 3.24 Å². The van der Waals surface area contributed by atoms with Crippen LogP contribution in [0.4, 0.5) is 0 Å². The minimum atomic E-state index is 0.696. The number of nitrogens with zero attached hydrogens (tertiary/aromatic N) is 1. The standard InChI is InChI=1S/C10H19NS/c1-10(3-2-4-10)9-11-5-7-12-8-6-11/h2-9H2,1H3. The van der Waals surface area contributed by atoms with Crippen molar-refractivity contribution < 1.29 is 0 Å². The number of hydrogen-bond donors (Lipinski definition) is 0. The largest absolute Gasteiger partial charge is 0.301 e. The van der Waals surface area contributed by atoms with Crippen LogP contribution in [0.15, 0.2) is 0 Å². The van der Waals surface area contributed by atoms with E-state index in [1.54, 1.807) is 0 Å². The maximum Gasteiger partial charge on any atom is 0.00729 e. The summed E-state index contributed by atoms with van der Waals surface area (Å²) in [4.78, 5) is 2.66. The molecule has 2 rings (SSSR count). The van der Waals surface area contributed by atoms with E-state index >= 15 is 0 Å². The molecule has 2 aliphatic rings. The highest BCUT2D eigenvalue weighted by atomic mass is 32.2. The third-order valence-corrected chi connectivity index (χ3v) is 4.21. The molecule has 1 saturated carbocycles. The van der Waals surface area contributed by atoms with Crippen LogP contribution in [-0.4, -0.2) is 36.0 Å². The van der Waals surface area contributed by atoms with Crippen LogP contribution in [0.5, 0.6) is 0 Å². The first-order chi connectivity index (χ1) is 5.79. The lowest BCUT2D eigenvalue weighted by atomic mass is 9.70. The molecule has 0 unspecified atom stereocenters. The van der Waals surface area contributed by atoms with Crippen LogP contribution < -0.4 is 0 Å². The molecule has 0 aromatic rings.